The summed E-state index contributed by atoms with van der Waals surface area (Å²) < 4.78 is 31.5. The second-order valence-electron chi connectivity index (χ2n) is 3.98. The Labute approximate surface area is 109 Å². The smallest absolute Gasteiger partial charge is 0.126 e. The summed E-state index contributed by atoms with van der Waals surface area (Å²) in [7, 11) is 0. The zero-order valence-corrected chi connectivity index (χ0v) is 10.5. The molecule has 0 fully saturated rings. The molecule has 0 aliphatic heterocycles. The third kappa shape index (κ3) is 3.20. The maximum absolute atomic E-state index is 13.0. The van der Waals surface area contributed by atoms with Crippen molar-refractivity contribution in [3.8, 4) is 5.75 Å². The van der Waals surface area contributed by atoms with E-state index in [1.807, 2.05) is 13.0 Å². The number of ether oxygens (including phenoxy) is 1. The average Bonchev–Trinajstić information content (AvgIpc) is 2.29. The fraction of sp³-hybridized carbons (Fsp3) is 0.143. The molecule has 0 atom stereocenters. The first-order chi connectivity index (χ1) is 8.54. The zero-order chi connectivity index (χ0) is 13.1. The molecule has 0 aliphatic carbocycles. The van der Waals surface area contributed by atoms with Gasteiger partial charge in [-0.05, 0) is 42.3 Å². The van der Waals surface area contributed by atoms with Crippen molar-refractivity contribution < 1.29 is 13.5 Å². The summed E-state index contributed by atoms with van der Waals surface area (Å²) in [6.45, 7) is 1.97. The highest BCUT2D eigenvalue weighted by atomic mass is 35.5. The van der Waals surface area contributed by atoms with Crippen LogP contribution in [0.25, 0.3) is 0 Å². The highest BCUT2D eigenvalue weighted by molar-refractivity contribution is 6.30. The molecule has 0 unspecified atom stereocenters. The number of hydrogen-bond acceptors (Lipinski definition) is 1. The van der Waals surface area contributed by atoms with Crippen LogP contribution in [-0.2, 0) is 6.61 Å². The Morgan fingerprint density at radius 2 is 1.72 bits per heavy atom. The van der Waals surface area contributed by atoms with Gasteiger partial charge in [0.2, 0.25) is 0 Å². The van der Waals surface area contributed by atoms with Crippen LogP contribution < -0.4 is 4.74 Å². The van der Waals surface area contributed by atoms with Crippen LogP contribution in [0, 0.1) is 18.6 Å². The van der Waals surface area contributed by atoms with Crippen LogP contribution in [0.2, 0.25) is 5.02 Å². The predicted octanol–water partition coefficient (Wildman–Crippen LogP) is 4.51. The van der Waals surface area contributed by atoms with E-state index < -0.39 is 11.6 Å². The Morgan fingerprint density at radius 1 is 1.06 bits per heavy atom. The highest BCUT2D eigenvalue weighted by Gasteiger charge is 2.04. The maximum Gasteiger partial charge on any atom is 0.126 e. The minimum absolute atomic E-state index is 0.0931. The van der Waals surface area contributed by atoms with Crippen LogP contribution in [-0.4, -0.2) is 0 Å². The van der Waals surface area contributed by atoms with Crippen molar-refractivity contribution in [3.05, 3.63) is 64.2 Å². The third-order valence-electron chi connectivity index (χ3n) is 2.47. The summed E-state index contributed by atoms with van der Waals surface area (Å²) in [6.07, 6.45) is 0. The van der Waals surface area contributed by atoms with E-state index in [9.17, 15) is 8.78 Å². The molecule has 2 aromatic carbocycles. The number of hydrogen-bond donors (Lipinski definition) is 0. The average molecular weight is 269 g/mol. The van der Waals surface area contributed by atoms with Gasteiger partial charge in [-0.1, -0.05) is 17.7 Å². The molecule has 94 valence electrons. The van der Waals surface area contributed by atoms with Crippen LogP contribution in [0.4, 0.5) is 8.78 Å². The van der Waals surface area contributed by atoms with E-state index in [0.29, 0.717) is 16.3 Å². The Hall–Kier alpha value is -1.61. The normalized spacial score (nSPS) is 10.4. The molecule has 2 aromatic rings. The van der Waals surface area contributed by atoms with Crippen molar-refractivity contribution in [1.82, 2.24) is 0 Å². The van der Waals surface area contributed by atoms with Gasteiger partial charge in [0, 0.05) is 11.1 Å². The van der Waals surface area contributed by atoms with Crippen LogP contribution in [0.5, 0.6) is 5.75 Å². The number of rotatable bonds is 3. The molecule has 0 saturated heterocycles. The Morgan fingerprint density at radius 3 is 2.39 bits per heavy atom. The largest absolute Gasteiger partial charge is 0.489 e. The van der Waals surface area contributed by atoms with E-state index in [2.05, 4.69) is 0 Å². The first kappa shape index (κ1) is 12.8. The van der Waals surface area contributed by atoms with Gasteiger partial charge < -0.3 is 4.74 Å². The van der Waals surface area contributed by atoms with E-state index in [1.54, 1.807) is 12.1 Å². The summed E-state index contributed by atoms with van der Waals surface area (Å²) in [4.78, 5) is 0. The standard InChI is InChI=1S/C14H11ClF2O/c1-9-2-3-11(15)6-14(9)18-8-10-4-12(16)7-13(17)5-10/h2-7H,8H2,1H3. The topological polar surface area (TPSA) is 9.23 Å². The van der Waals surface area contributed by atoms with Crippen LogP contribution in [0.1, 0.15) is 11.1 Å². The highest BCUT2D eigenvalue weighted by Crippen LogP contribution is 2.23. The fourth-order valence-corrected chi connectivity index (χ4v) is 1.75. The summed E-state index contributed by atoms with van der Waals surface area (Å²) in [5.41, 5.74) is 1.35. The summed E-state index contributed by atoms with van der Waals surface area (Å²) >= 11 is 5.85. The lowest BCUT2D eigenvalue weighted by Crippen LogP contribution is -1.98. The van der Waals surface area contributed by atoms with Crippen molar-refractivity contribution in [1.29, 1.82) is 0 Å². The predicted molar refractivity (Wildman–Crippen MR) is 66.9 cm³/mol. The maximum atomic E-state index is 13.0. The van der Waals surface area contributed by atoms with Gasteiger partial charge in [-0.15, -0.1) is 0 Å². The minimum atomic E-state index is -0.614. The monoisotopic (exact) mass is 268 g/mol. The first-order valence-corrected chi connectivity index (χ1v) is 5.76. The lowest BCUT2D eigenvalue weighted by Gasteiger charge is -2.09. The third-order valence-corrected chi connectivity index (χ3v) is 2.70. The summed E-state index contributed by atoms with van der Waals surface area (Å²) in [5.74, 6) is -0.625. The van der Waals surface area contributed by atoms with Crippen molar-refractivity contribution in [2.75, 3.05) is 0 Å². The van der Waals surface area contributed by atoms with Gasteiger partial charge >= 0.3 is 0 Å². The second-order valence-corrected chi connectivity index (χ2v) is 4.41. The quantitative estimate of drug-likeness (QED) is 0.796. The molecule has 0 amide bonds. The van der Waals surface area contributed by atoms with E-state index in [4.69, 9.17) is 16.3 Å². The Bertz CT molecular complexity index is 549. The number of aryl methyl sites for hydroxylation is 1. The molecule has 0 heterocycles. The van der Waals surface area contributed by atoms with E-state index in [-0.39, 0.29) is 6.61 Å². The summed E-state index contributed by atoms with van der Waals surface area (Å²) in [5, 5.41) is 0.557. The molecule has 0 saturated carbocycles. The number of benzene rings is 2. The Balaban J connectivity index is 2.13. The van der Waals surface area contributed by atoms with Crippen LogP contribution >= 0.6 is 11.6 Å². The second kappa shape index (κ2) is 5.36. The first-order valence-electron chi connectivity index (χ1n) is 5.38. The zero-order valence-electron chi connectivity index (χ0n) is 9.71. The molecule has 0 N–H and O–H groups in total. The van der Waals surface area contributed by atoms with Gasteiger partial charge in [-0.25, -0.2) is 8.78 Å². The van der Waals surface area contributed by atoms with Crippen molar-refractivity contribution in [2.45, 2.75) is 13.5 Å². The molecule has 0 spiro atoms. The van der Waals surface area contributed by atoms with Gasteiger partial charge in [0.05, 0.1) is 0 Å². The van der Waals surface area contributed by atoms with Gasteiger partial charge in [-0.3, -0.25) is 0 Å². The molecule has 0 aliphatic rings. The molecule has 0 bridgehead atoms. The van der Waals surface area contributed by atoms with Crippen molar-refractivity contribution in [3.63, 3.8) is 0 Å². The fourth-order valence-electron chi connectivity index (χ4n) is 1.58. The molecule has 0 aromatic heterocycles. The number of halogens is 3. The molecule has 4 heteroatoms. The molecule has 0 radical (unpaired) electrons. The van der Waals surface area contributed by atoms with E-state index in [1.165, 1.54) is 12.1 Å². The van der Waals surface area contributed by atoms with Gasteiger partial charge in [0.15, 0.2) is 0 Å². The SMILES string of the molecule is Cc1ccc(Cl)cc1OCc1cc(F)cc(F)c1. The minimum Gasteiger partial charge on any atom is -0.489 e. The molecular formula is C14H11ClF2O. The van der Waals surface area contributed by atoms with E-state index >= 15 is 0 Å². The lowest BCUT2D eigenvalue weighted by atomic mass is 10.2. The van der Waals surface area contributed by atoms with Crippen LogP contribution in [0.3, 0.4) is 0 Å². The van der Waals surface area contributed by atoms with Gasteiger partial charge in [0.1, 0.15) is 24.0 Å². The van der Waals surface area contributed by atoms with E-state index in [0.717, 1.165) is 11.6 Å². The van der Waals surface area contributed by atoms with Gasteiger partial charge in [-0.2, -0.15) is 0 Å². The van der Waals surface area contributed by atoms with Crippen LogP contribution in [0.15, 0.2) is 36.4 Å². The molecular weight excluding hydrogens is 258 g/mol. The van der Waals surface area contributed by atoms with Gasteiger partial charge in [0.25, 0.3) is 0 Å². The molecule has 2 rings (SSSR count). The van der Waals surface area contributed by atoms with Crippen molar-refractivity contribution >= 4 is 11.6 Å². The molecule has 1 nitrogen and oxygen atoms in total. The summed E-state index contributed by atoms with van der Waals surface area (Å²) in [6, 6.07) is 8.56. The lowest BCUT2D eigenvalue weighted by molar-refractivity contribution is 0.302. The van der Waals surface area contributed by atoms with Crippen molar-refractivity contribution in [2.24, 2.45) is 0 Å². The Kier molecular flexibility index (Phi) is 3.82. The molecule has 18 heavy (non-hydrogen) atoms.